The quantitative estimate of drug-likeness (QED) is 0.854. The standard InChI is InChI=1S/C19H21NO4/c1-12-6-5-7-17(13(12)2)20-18(21)15-8-10-16(11-9-15)24-14(3)19(22)23-4/h5-11,14H,1-4H3,(H,20,21)/t14-/m1/s1. The van der Waals surface area contributed by atoms with Crippen molar-refractivity contribution >= 4 is 17.6 Å². The van der Waals surface area contributed by atoms with E-state index in [9.17, 15) is 9.59 Å². The van der Waals surface area contributed by atoms with Gasteiger partial charge in [-0.1, -0.05) is 12.1 Å². The van der Waals surface area contributed by atoms with Crippen molar-refractivity contribution in [1.29, 1.82) is 0 Å². The minimum atomic E-state index is -0.704. The van der Waals surface area contributed by atoms with Gasteiger partial charge in [-0.2, -0.15) is 0 Å². The van der Waals surface area contributed by atoms with Gasteiger partial charge in [0.05, 0.1) is 7.11 Å². The van der Waals surface area contributed by atoms with E-state index < -0.39 is 12.1 Å². The lowest BCUT2D eigenvalue weighted by Crippen LogP contribution is -2.24. The first kappa shape index (κ1) is 17.5. The molecule has 2 aromatic rings. The number of carbonyl (C=O) groups excluding carboxylic acids is 2. The predicted molar refractivity (Wildman–Crippen MR) is 92.4 cm³/mol. The van der Waals surface area contributed by atoms with E-state index in [1.165, 1.54) is 7.11 Å². The topological polar surface area (TPSA) is 64.6 Å². The summed E-state index contributed by atoms with van der Waals surface area (Å²) >= 11 is 0. The van der Waals surface area contributed by atoms with Crippen LogP contribution in [0, 0.1) is 13.8 Å². The Hall–Kier alpha value is -2.82. The number of anilines is 1. The monoisotopic (exact) mass is 327 g/mol. The Balaban J connectivity index is 2.06. The molecule has 0 unspecified atom stereocenters. The molecule has 1 atom stereocenters. The highest BCUT2D eigenvalue weighted by molar-refractivity contribution is 6.04. The summed E-state index contributed by atoms with van der Waals surface area (Å²) in [6, 6.07) is 12.4. The van der Waals surface area contributed by atoms with E-state index in [4.69, 9.17) is 4.74 Å². The summed E-state index contributed by atoms with van der Waals surface area (Å²) in [7, 11) is 1.31. The van der Waals surface area contributed by atoms with Crippen molar-refractivity contribution in [2.45, 2.75) is 26.9 Å². The molecule has 0 saturated carbocycles. The van der Waals surface area contributed by atoms with Crippen molar-refractivity contribution in [3.63, 3.8) is 0 Å². The van der Waals surface area contributed by atoms with E-state index in [1.54, 1.807) is 31.2 Å². The molecule has 2 rings (SSSR count). The molecule has 0 bridgehead atoms. The van der Waals surface area contributed by atoms with Crippen molar-refractivity contribution in [2.24, 2.45) is 0 Å². The van der Waals surface area contributed by atoms with Crippen LogP contribution in [0.5, 0.6) is 5.75 Å². The maximum absolute atomic E-state index is 12.3. The summed E-state index contributed by atoms with van der Waals surface area (Å²) in [6.07, 6.45) is -0.704. The average Bonchev–Trinajstić information content (AvgIpc) is 2.58. The van der Waals surface area contributed by atoms with E-state index in [0.29, 0.717) is 11.3 Å². The average molecular weight is 327 g/mol. The highest BCUT2D eigenvalue weighted by atomic mass is 16.6. The van der Waals surface area contributed by atoms with Crippen LogP contribution in [0.3, 0.4) is 0 Å². The molecule has 0 aliphatic rings. The van der Waals surface area contributed by atoms with Crippen LogP contribution in [0.1, 0.15) is 28.4 Å². The highest BCUT2D eigenvalue weighted by Gasteiger charge is 2.15. The summed E-state index contributed by atoms with van der Waals surface area (Å²) in [5, 5.41) is 2.90. The van der Waals surface area contributed by atoms with E-state index in [-0.39, 0.29) is 5.91 Å². The Labute approximate surface area is 141 Å². The molecule has 1 amide bonds. The molecular weight excluding hydrogens is 306 g/mol. The first-order valence-corrected chi connectivity index (χ1v) is 7.64. The van der Waals surface area contributed by atoms with Crippen molar-refractivity contribution in [3.8, 4) is 5.75 Å². The Morgan fingerprint density at radius 2 is 1.71 bits per heavy atom. The van der Waals surface area contributed by atoms with Crippen LogP contribution in [0.2, 0.25) is 0 Å². The van der Waals surface area contributed by atoms with Crippen LogP contribution in [0.4, 0.5) is 5.69 Å². The molecule has 0 radical (unpaired) electrons. The van der Waals surface area contributed by atoms with Gasteiger partial charge in [-0.05, 0) is 62.2 Å². The Morgan fingerprint density at radius 1 is 1.04 bits per heavy atom. The molecule has 0 aliphatic carbocycles. The number of rotatable bonds is 5. The van der Waals surface area contributed by atoms with Gasteiger partial charge in [0.1, 0.15) is 5.75 Å². The zero-order chi connectivity index (χ0) is 17.7. The molecule has 0 heterocycles. The van der Waals surface area contributed by atoms with Gasteiger partial charge in [0.2, 0.25) is 0 Å². The number of esters is 1. The van der Waals surface area contributed by atoms with Gasteiger partial charge in [0.15, 0.2) is 6.10 Å². The molecule has 0 saturated heterocycles. The summed E-state index contributed by atoms with van der Waals surface area (Å²) < 4.78 is 10.1. The van der Waals surface area contributed by atoms with Crippen LogP contribution in [0.25, 0.3) is 0 Å². The summed E-state index contributed by atoms with van der Waals surface area (Å²) in [5.41, 5.74) is 3.46. The first-order valence-electron chi connectivity index (χ1n) is 7.64. The third-order valence-electron chi connectivity index (χ3n) is 3.82. The van der Waals surface area contributed by atoms with Gasteiger partial charge in [0.25, 0.3) is 5.91 Å². The van der Waals surface area contributed by atoms with Gasteiger partial charge >= 0.3 is 5.97 Å². The molecule has 0 aliphatic heterocycles. The lowest BCUT2D eigenvalue weighted by atomic mass is 10.1. The Bertz CT molecular complexity index is 738. The number of carbonyl (C=O) groups is 2. The van der Waals surface area contributed by atoms with Crippen LogP contribution >= 0.6 is 0 Å². The Morgan fingerprint density at radius 3 is 2.33 bits per heavy atom. The number of hydrogen-bond acceptors (Lipinski definition) is 4. The lowest BCUT2D eigenvalue weighted by molar-refractivity contribution is -0.147. The van der Waals surface area contributed by atoms with Gasteiger partial charge in [-0.25, -0.2) is 4.79 Å². The maximum atomic E-state index is 12.3. The second-order valence-electron chi connectivity index (χ2n) is 5.51. The number of methoxy groups -OCH3 is 1. The fourth-order valence-corrected chi connectivity index (χ4v) is 2.18. The molecule has 5 heteroatoms. The normalized spacial score (nSPS) is 11.5. The fourth-order valence-electron chi connectivity index (χ4n) is 2.18. The molecule has 0 fully saturated rings. The van der Waals surface area contributed by atoms with Gasteiger partial charge in [-0.3, -0.25) is 4.79 Å². The first-order chi connectivity index (χ1) is 11.4. The lowest BCUT2D eigenvalue weighted by Gasteiger charge is -2.13. The van der Waals surface area contributed by atoms with E-state index in [0.717, 1.165) is 16.8 Å². The zero-order valence-corrected chi connectivity index (χ0v) is 14.3. The van der Waals surface area contributed by atoms with Gasteiger partial charge in [-0.15, -0.1) is 0 Å². The summed E-state index contributed by atoms with van der Waals surface area (Å²) in [6.45, 7) is 5.57. The number of hydrogen-bond donors (Lipinski definition) is 1. The second kappa shape index (κ2) is 7.64. The molecule has 0 spiro atoms. The molecule has 5 nitrogen and oxygen atoms in total. The molecule has 2 aromatic carbocycles. The second-order valence-corrected chi connectivity index (χ2v) is 5.51. The number of amides is 1. The van der Waals surface area contributed by atoms with Crippen LogP contribution in [-0.4, -0.2) is 25.1 Å². The minimum Gasteiger partial charge on any atom is -0.479 e. The summed E-state index contributed by atoms with van der Waals surface area (Å²) in [5.74, 6) is -0.154. The fraction of sp³-hybridized carbons (Fsp3) is 0.263. The van der Waals surface area contributed by atoms with Crippen LogP contribution < -0.4 is 10.1 Å². The SMILES string of the molecule is COC(=O)[C@@H](C)Oc1ccc(C(=O)Nc2cccc(C)c2C)cc1. The Kier molecular flexibility index (Phi) is 5.58. The number of aryl methyl sites for hydroxylation is 1. The van der Waals surface area contributed by atoms with E-state index in [2.05, 4.69) is 10.1 Å². The third-order valence-corrected chi connectivity index (χ3v) is 3.82. The van der Waals surface area contributed by atoms with Crippen molar-refractivity contribution in [2.75, 3.05) is 12.4 Å². The van der Waals surface area contributed by atoms with Crippen LogP contribution in [0.15, 0.2) is 42.5 Å². The molecule has 126 valence electrons. The molecular formula is C19H21NO4. The molecule has 1 N–H and O–H groups in total. The van der Waals surface area contributed by atoms with Crippen LogP contribution in [-0.2, 0) is 9.53 Å². The largest absolute Gasteiger partial charge is 0.479 e. The predicted octanol–water partition coefficient (Wildman–Crippen LogP) is 3.50. The van der Waals surface area contributed by atoms with E-state index >= 15 is 0 Å². The number of nitrogens with one attached hydrogen (secondary N) is 1. The zero-order valence-electron chi connectivity index (χ0n) is 14.3. The van der Waals surface area contributed by atoms with Crippen molar-refractivity contribution in [3.05, 3.63) is 59.2 Å². The van der Waals surface area contributed by atoms with Gasteiger partial charge in [0, 0.05) is 11.3 Å². The maximum Gasteiger partial charge on any atom is 0.346 e. The highest BCUT2D eigenvalue weighted by Crippen LogP contribution is 2.20. The minimum absolute atomic E-state index is 0.198. The number of benzene rings is 2. The van der Waals surface area contributed by atoms with Gasteiger partial charge < -0.3 is 14.8 Å². The van der Waals surface area contributed by atoms with Crippen molar-refractivity contribution in [1.82, 2.24) is 0 Å². The molecule has 24 heavy (non-hydrogen) atoms. The third kappa shape index (κ3) is 4.13. The van der Waals surface area contributed by atoms with Crippen molar-refractivity contribution < 1.29 is 19.1 Å². The smallest absolute Gasteiger partial charge is 0.346 e. The van der Waals surface area contributed by atoms with E-state index in [1.807, 2.05) is 32.0 Å². The summed E-state index contributed by atoms with van der Waals surface area (Å²) in [4.78, 5) is 23.7. The number of ether oxygens (including phenoxy) is 2. The molecule has 0 aromatic heterocycles.